The van der Waals surface area contributed by atoms with Gasteiger partial charge in [-0.2, -0.15) is 0 Å². The van der Waals surface area contributed by atoms with E-state index in [0.717, 1.165) is 16.9 Å². The van der Waals surface area contributed by atoms with Crippen LogP contribution in [0.15, 0.2) is 126 Å². The van der Waals surface area contributed by atoms with Gasteiger partial charge in [-0.05, 0) is 56.9 Å². The van der Waals surface area contributed by atoms with Crippen molar-refractivity contribution in [3.8, 4) is 22.5 Å². The summed E-state index contributed by atoms with van der Waals surface area (Å²) in [5, 5.41) is 8.69. The summed E-state index contributed by atoms with van der Waals surface area (Å²) >= 11 is 1.85. The minimum atomic E-state index is 0.918. The molecule has 168 valence electrons. The van der Waals surface area contributed by atoms with Crippen LogP contribution in [0.5, 0.6) is 0 Å². The summed E-state index contributed by atoms with van der Waals surface area (Å²) in [5.41, 5.74) is 4.59. The van der Waals surface area contributed by atoms with Crippen molar-refractivity contribution in [1.82, 2.24) is 0 Å². The first-order valence-corrected chi connectivity index (χ1v) is 13.0. The number of benzene rings is 6. The lowest BCUT2D eigenvalue weighted by Crippen LogP contribution is -1.89. The van der Waals surface area contributed by atoms with E-state index >= 15 is 0 Å². The Morgan fingerprint density at radius 3 is 1.72 bits per heavy atom. The molecule has 0 radical (unpaired) electrons. The fourth-order valence-corrected chi connectivity index (χ4v) is 6.94. The van der Waals surface area contributed by atoms with Crippen LogP contribution in [0.25, 0.3) is 75.1 Å². The predicted molar refractivity (Wildman–Crippen MR) is 155 cm³/mol. The Hall–Kier alpha value is -4.40. The van der Waals surface area contributed by atoms with Gasteiger partial charge in [0.05, 0.1) is 0 Å². The summed E-state index contributed by atoms with van der Waals surface area (Å²) in [7, 11) is 0. The normalized spacial score (nSPS) is 11.9. The van der Waals surface area contributed by atoms with Crippen molar-refractivity contribution in [3.05, 3.63) is 121 Å². The zero-order valence-electron chi connectivity index (χ0n) is 19.4. The molecule has 0 saturated carbocycles. The summed E-state index contributed by atoms with van der Waals surface area (Å²) in [6.07, 6.45) is 0. The highest BCUT2D eigenvalue weighted by Crippen LogP contribution is 2.46. The van der Waals surface area contributed by atoms with Crippen molar-refractivity contribution >= 4 is 64.0 Å². The Bertz CT molecular complexity index is 2040. The van der Waals surface area contributed by atoms with E-state index in [0.29, 0.717) is 0 Å². The monoisotopic (exact) mass is 476 g/mol. The summed E-state index contributed by atoms with van der Waals surface area (Å²) in [6, 6.07) is 43.4. The van der Waals surface area contributed by atoms with Crippen LogP contribution in [-0.2, 0) is 0 Å². The van der Waals surface area contributed by atoms with E-state index in [-0.39, 0.29) is 0 Å². The molecule has 2 heterocycles. The Balaban J connectivity index is 1.50. The van der Waals surface area contributed by atoms with E-state index in [1.54, 1.807) is 0 Å². The molecule has 36 heavy (non-hydrogen) atoms. The van der Waals surface area contributed by atoms with Crippen LogP contribution in [0.3, 0.4) is 0 Å². The average molecular weight is 477 g/mol. The van der Waals surface area contributed by atoms with E-state index in [9.17, 15) is 0 Å². The quantitative estimate of drug-likeness (QED) is 0.226. The molecule has 0 N–H and O–H groups in total. The Kier molecular flexibility index (Phi) is 4.16. The molecule has 0 saturated heterocycles. The molecule has 0 atom stereocenters. The van der Waals surface area contributed by atoms with Gasteiger partial charge in [0.2, 0.25) is 0 Å². The van der Waals surface area contributed by atoms with Gasteiger partial charge in [-0.1, -0.05) is 97.1 Å². The smallest absolute Gasteiger partial charge is 0.136 e. The van der Waals surface area contributed by atoms with Crippen molar-refractivity contribution in [3.63, 3.8) is 0 Å². The second-order valence-corrected chi connectivity index (χ2v) is 10.3. The van der Waals surface area contributed by atoms with E-state index in [4.69, 9.17) is 4.42 Å². The minimum absolute atomic E-state index is 0.918. The highest BCUT2D eigenvalue weighted by molar-refractivity contribution is 7.26. The Morgan fingerprint density at radius 1 is 0.444 bits per heavy atom. The van der Waals surface area contributed by atoms with Gasteiger partial charge in [-0.15, -0.1) is 11.3 Å². The lowest BCUT2D eigenvalue weighted by molar-refractivity contribution is 0.633. The van der Waals surface area contributed by atoms with Crippen LogP contribution in [0.1, 0.15) is 0 Å². The number of hydrogen-bond donors (Lipinski definition) is 0. The molecule has 0 bridgehead atoms. The highest BCUT2D eigenvalue weighted by atomic mass is 32.1. The van der Waals surface area contributed by atoms with Gasteiger partial charge < -0.3 is 4.42 Å². The second-order valence-electron chi connectivity index (χ2n) is 9.27. The molecule has 0 aliphatic carbocycles. The van der Waals surface area contributed by atoms with Gasteiger partial charge in [0, 0.05) is 31.1 Å². The number of hydrogen-bond acceptors (Lipinski definition) is 2. The average Bonchev–Trinajstić information content (AvgIpc) is 3.53. The summed E-state index contributed by atoms with van der Waals surface area (Å²) in [5.74, 6) is 0.918. The van der Waals surface area contributed by atoms with Crippen LogP contribution in [-0.4, -0.2) is 0 Å². The standard InChI is InChI=1S/C34H20OS/c1-2-10-21(11-3-1)32-23-13-4-6-15-25(23)33(26-16-7-5-14-24(26)32)30-20-28-29(35-30)19-18-27-22-12-8-9-17-31(22)36-34(27)28/h1-20H. The van der Waals surface area contributed by atoms with Crippen LogP contribution in [0.4, 0.5) is 0 Å². The summed E-state index contributed by atoms with van der Waals surface area (Å²) < 4.78 is 9.23. The predicted octanol–water partition coefficient (Wildman–Crippen LogP) is 10.4. The third-order valence-corrected chi connectivity index (χ3v) is 8.50. The van der Waals surface area contributed by atoms with Crippen LogP contribution in [0.2, 0.25) is 0 Å². The van der Waals surface area contributed by atoms with Gasteiger partial charge in [-0.3, -0.25) is 0 Å². The zero-order chi connectivity index (χ0) is 23.6. The van der Waals surface area contributed by atoms with Crippen molar-refractivity contribution in [2.45, 2.75) is 0 Å². The molecule has 6 aromatic carbocycles. The third kappa shape index (κ3) is 2.76. The van der Waals surface area contributed by atoms with Crippen molar-refractivity contribution < 1.29 is 4.42 Å². The van der Waals surface area contributed by atoms with Gasteiger partial charge in [0.25, 0.3) is 0 Å². The molecule has 0 unspecified atom stereocenters. The van der Waals surface area contributed by atoms with Gasteiger partial charge in [0.1, 0.15) is 11.3 Å². The van der Waals surface area contributed by atoms with Crippen molar-refractivity contribution in [2.75, 3.05) is 0 Å². The van der Waals surface area contributed by atoms with Crippen LogP contribution < -0.4 is 0 Å². The first kappa shape index (κ1) is 19.9. The molecule has 8 rings (SSSR count). The van der Waals surface area contributed by atoms with E-state index in [1.807, 2.05) is 11.3 Å². The maximum Gasteiger partial charge on any atom is 0.136 e. The molecule has 0 amide bonds. The number of thiophene rings is 1. The van der Waals surface area contributed by atoms with Gasteiger partial charge in [0.15, 0.2) is 0 Å². The van der Waals surface area contributed by atoms with E-state index in [2.05, 4.69) is 121 Å². The molecule has 2 aromatic heterocycles. The van der Waals surface area contributed by atoms with E-state index < -0.39 is 0 Å². The first-order chi connectivity index (χ1) is 17.9. The Morgan fingerprint density at radius 2 is 1.03 bits per heavy atom. The molecule has 0 spiro atoms. The molecule has 2 heteroatoms. The molecule has 0 aliphatic heterocycles. The molecule has 8 aromatic rings. The molecular formula is C34H20OS. The topological polar surface area (TPSA) is 13.1 Å². The van der Waals surface area contributed by atoms with Crippen LogP contribution >= 0.6 is 11.3 Å². The number of rotatable bonds is 2. The molecule has 0 aliphatic rings. The molecule has 1 nitrogen and oxygen atoms in total. The lowest BCUT2D eigenvalue weighted by Gasteiger charge is -2.16. The Labute approximate surface area is 211 Å². The fraction of sp³-hybridized carbons (Fsp3) is 0. The van der Waals surface area contributed by atoms with Crippen molar-refractivity contribution in [2.24, 2.45) is 0 Å². The molecule has 0 fully saturated rings. The number of furan rings is 1. The van der Waals surface area contributed by atoms with Crippen molar-refractivity contribution in [1.29, 1.82) is 0 Å². The largest absolute Gasteiger partial charge is 0.456 e. The SMILES string of the molecule is c1ccc(-c2c3ccccc3c(-c3cc4c(ccc5c6ccccc6sc45)o3)c3ccccc23)cc1. The fourth-order valence-electron chi connectivity index (χ4n) is 5.73. The van der Waals surface area contributed by atoms with Gasteiger partial charge >= 0.3 is 0 Å². The lowest BCUT2D eigenvalue weighted by atomic mass is 9.87. The first-order valence-electron chi connectivity index (χ1n) is 12.2. The maximum absolute atomic E-state index is 6.63. The van der Waals surface area contributed by atoms with Crippen LogP contribution in [0, 0.1) is 0 Å². The summed E-state index contributed by atoms with van der Waals surface area (Å²) in [4.78, 5) is 0. The molecular weight excluding hydrogens is 456 g/mol. The zero-order valence-corrected chi connectivity index (χ0v) is 20.2. The highest BCUT2D eigenvalue weighted by Gasteiger charge is 2.20. The third-order valence-electron chi connectivity index (χ3n) is 7.28. The maximum atomic E-state index is 6.63. The number of fused-ring (bicyclic) bond motifs is 7. The van der Waals surface area contributed by atoms with E-state index in [1.165, 1.54) is 58.2 Å². The van der Waals surface area contributed by atoms with Gasteiger partial charge in [-0.25, -0.2) is 0 Å². The summed E-state index contributed by atoms with van der Waals surface area (Å²) in [6.45, 7) is 0. The second kappa shape index (κ2) is 7.55. The minimum Gasteiger partial charge on any atom is -0.456 e.